The molecule has 0 saturated carbocycles. The minimum atomic E-state index is -3.22. The van der Waals surface area contributed by atoms with E-state index >= 15 is 0 Å². The number of sulfonamides is 1. The minimum Gasteiger partial charge on any atom is -0.213 e. The molecule has 0 amide bonds. The lowest BCUT2D eigenvalue weighted by Crippen LogP contribution is -2.21. The second kappa shape index (κ2) is 7.95. The van der Waals surface area contributed by atoms with Gasteiger partial charge < -0.3 is 0 Å². The number of fused-ring (bicyclic) bond motifs is 2. The molecule has 0 radical (unpaired) electrons. The fraction of sp³-hybridized carbons (Fsp3) is 0.130. The molecular weight excluding hydrogens is 386 g/mol. The summed E-state index contributed by atoms with van der Waals surface area (Å²) < 4.78 is 25.3. The van der Waals surface area contributed by atoms with Crippen LogP contribution in [0.5, 0.6) is 0 Å². The molecule has 0 bridgehead atoms. The van der Waals surface area contributed by atoms with E-state index in [0.29, 0.717) is 6.54 Å². The molecule has 4 rings (SSSR count). The highest BCUT2D eigenvalue weighted by molar-refractivity contribution is 7.98. The first-order valence-electron chi connectivity index (χ1n) is 9.05. The van der Waals surface area contributed by atoms with E-state index in [2.05, 4.69) is 65.4 Å². The maximum absolute atomic E-state index is 11.4. The molecule has 0 spiro atoms. The van der Waals surface area contributed by atoms with Crippen molar-refractivity contribution in [3.63, 3.8) is 0 Å². The van der Waals surface area contributed by atoms with Crippen molar-refractivity contribution in [2.45, 2.75) is 17.2 Å². The van der Waals surface area contributed by atoms with E-state index < -0.39 is 10.0 Å². The lowest BCUT2D eigenvalue weighted by atomic mass is 9.92. The Morgan fingerprint density at radius 1 is 0.964 bits per heavy atom. The second-order valence-electron chi connectivity index (χ2n) is 6.84. The molecule has 0 aromatic heterocycles. The van der Waals surface area contributed by atoms with Gasteiger partial charge in [0, 0.05) is 17.2 Å². The third kappa shape index (κ3) is 4.38. The minimum absolute atomic E-state index is 0.291. The zero-order valence-electron chi connectivity index (χ0n) is 15.6. The predicted octanol–water partition coefficient (Wildman–Crippen LogP) is 4.93. The Hall–Kier alpha value is -2.34. The number of rotatable bonds is 4. The van der Waals surface area contributed by atoms with Gasteiger partial charge in [-0.05, 0) is 45.5 Å². The van der Waals surface area contributed by atoms with Gasteiger partial charge in [-0.15, -0.1) is 11.8 Å². The van der Waals surface area contributed by atoms with Gasteiger partial charge in [0.15, 0.2) is 0 Å². The van der Waals surface area contributed by atoms with E-state index in [1.807, 2.05) is 30.0 Å². The van der Waals surface area contributed by atoms with E-state index in [1.54, 1.807) is 0 Å². The van der Waals surface area contributed by atoms with E-state index in [0.717, 1.165) is 16.9 Å². The fourth-order valence-electron chi connectivity index (χ4n) is 3.35. The molecule has 0 aliphatic carbocycles. The topological polar surface area (TPSA) is 46.2 Å². The van der Waals surface area contributed by atoms with Crippen LogP contribution in [-0.2, 0) is 22.3 Å². The standard InChI is InChI=1S/C23H21NO2S2/c1-28(25,26)24-15-18-8-6-7-17(13-18)14-22-20-10-3-2-9-19(20)16-27-23-12-5-4-11-21(22)23/h2-14,24H,15-16H2,1H3/b22-14+. The Balaban J connectivity index is 1.79. The Kier molecular flexibility index (Phi) is 5.40. The van der Waals surface area contributed by atoms with Crippen LogP contribution in [0.4, 0.5) is 0 Å². The molecule has 3 aromatic carbocycles. The molecule has 0 saturated heterocycles. The van der Waals surface area contributed by atoms with Crippen LogP contribution in [0.25, 0.3) is 11.6 Å². The van der Waals surface area contributed by atoms with Crippen LogP contribution in [0.2, 0.25) is 0 Å². The van der Waals surface area contributed by atoms with E-state index in [9.17, 15) is 8.42 Å². The van der Waals surface area contributed by atoms with Crippen molar-refractivity contribution in [1.29, 1.82) is 0 Å². The van der Waals surface area contributed by atoms with Gasteiger partial charge in [0.2, 0.25) is 10.0 Å². The van der Waals surface area contributed by atoms with Crippen molar-refractivity contribution >= 4 is 33.4 Å². The average Bonchev–Trinajstić information content (AvgIpc) is 2.84. The molecule has 0 atom stereocenters. The van der Waals surface area contributed by atoms with Crippen LogP contribution in [0, 0.1) is 0 Å². The van der Waals surface area contributed by atoms with Gasteiger partial charge in [-0.2, -0.15) is 0 Å². The molecule has 1 aliphatic heterocycles. The summed E-state index contributed by atoms with van der Waals surface area (Å²) in [5, 5.41) is 0. The maximum Gasteiger partial charge on any atom is 0.209 e. The largest absolute Gasteiger partial charge is 0.213 e. The second-order valence-corrected chi connectivity index (χ2v) is 9.69. The van der Waals surface area contributed by atoms with Gasteiger partial charge in [-0.1, -0.05) is 66.7 Å². The lowest BCUT2D eigenvalue weighted by molar-refractivity contribution is 0.587. The summed E-state index contributed by atoms with van der Waals surface area (Å²) in [6.45, 7) is 0.291. The maximum atomic E-state index is 11.4. The first-order valence-corrected chi connectivity index (χ1v) is 11.9. The van der Waals surface area contributed by atoms with Crippen molar-refractivity contribution in [1.82, 2.24) is 4.72 Å². The van der Waals surface area contributed by atoms with Gasteiger partial charge in [0.05, 0.1) is 6.26 Å². The number of hydrogen-bond donors (Lipinski definition) is 1. The molecule has 0 fully saturated rings. The van der Waals surface area contributed by atoms with Crippen molar-refractivity contribution in [2.75, 3.05) is 6.26 Å². The zero-order valence-corrected chi connectivity index (χ0v) is 17.2. The highest BCUT2D eigenvalue weighted by Gasteiger charge is 2.18. The number of benzene rings is 3. The lowest BCUT2D eigenvalue weighted by Gasteiger charge is -2.12. The fourth-order valence-corrected chi connectivity index (χ4v) is 4.85. The van der Waals surface area contributed by atoms with Crippen LogP contribution >= 0.6 is 11.8 Å². The molecule has 3 aromatic rings. The molecule has 5 heteroatoms. The van der Waals surface area contributed by atoms with Crippen LogP contribution < -0.4 is 4.72 Å². The first kappa shape index (κ1) is 19.0. The molecule has 3 nitrogen and oxygen atoms in total. The normalized spacial score (nSPS) is 15.0. The van der Waals surface area contributed by atoms with E-state index in [4.69, 9.17) is 0 Å². The van der Waals surface area contributed by atoms with E-state index in [1.165, 1.54) is 33.4 Å². The highest BCUT2D eigenvalue weighted by atomic mass is 32.2. The molecule has 0 unspecified atom stereocenters. The van der Waals surface area contributed by atoms with Gasteiger partial charge >= 0.3 is 0 Å². The summed E-state index contributed by atoms with van der Waals surface area (Å²) in [6, 6.07) is 25.0. The molecule has 142 valence electrons. The highest BCUT2D eigenvalue weighted by Crippen LogP contribution is 2.40. The average molecular weight is 408 g/mol. The summed E-state index contributed by atoms with van der Waals surface area (Å²) >= 11 is 1.86. The van der Waals surface area contributed by atoms with Crippen LogP contribution in [-0.4, -0.2) is 14.7 Å². The number of hydrogen-bond acceptors (Lipinski definition) is 3. The molecule has 1 aliphatic rings. The summed E-state index contributed by atoms with van der Waals surface area (Å²) in [5.74, 6) is 0.947. The van der Waals surface area contributed by atoms with Crippen LogP contribution in [0.1, 0.15) is 27.8 Å². The molecule has 1 heterocycles. The quantitative estimate of drug-likeness (QED) is 0.667. The zero-order chi connectivity index (χ0) is 19.6. The van der Waals surface area contributed by atoms with Crippen LogP contribution in [0.3, 0.4) is 0 Å². The Morgan fingerprint density at radius 3 is 2.54 bits per heavy atom. The molecular formula is C23H21NO2S2. The van der Waals surface area contributed by atoms with Gasteiger partial charge in [-0.25, -0.2) is 13.1 Å². The summed E-state index contributed by atoms with van der Waals surface area (Å²) in [7, 11) is -3.22. The third-order valence-electron chi connectivity index (χ3n) is 4.67. The van der Waals surface area contributed by atoms with Crippen LogP contribution in [0.15, 0.2) is 77.7 Å². The van der Waals surface area contributed by atoms with Crippen molar-refractivity contribution in [3.05, 3.63) is 101 Å². The Morgan fingerprint density at radius 2 is 1.71 bits per heavy atom. The van der Waals surface area contributed by atoms with Crippen molar-refractivity contribution < 1.29 is 8.42 Å². The third-order valence-corrected chi connectivity index (χ3v) is 6.46. The number of nitrogens with one attached hydrogen (secondary N) is 1. The van der Waals surface area contributed by atoms with Crippen molar-refractivity contribution in [3.8, 4) is 0 Å². The monoisotopic (exact) mass is 407 g/mol. The Labute approximate surface area is 170 Å². The molecule has 28 heavy (non-hydrogen) atoms. The smallest absolute Gasteiger partial charge is 0.209 e. The van der Waals surface area contributed by atoms with Gasteiger partial charge in [0.1, 0.15) is 0 Å². The summed E-state index contributed by atoms with van der Waals surface area (Å²) in [6.07, 6.45) is 3.38. The molecule has 1 N–H and O–H groups in total. The van der Waals surface area contributed by atoms with Gasteiger partial charge in [-0.3, -0.25) is 0 Å². The van der Waals surface area contributed by atoms with E-state index in [-0.39, 0.29) is 0 Å². The SMILES string of the molecule is CS(=O)(=O)NCc1cccc(/C=C2\c3ccccc3CSc3ccccc32)c1. The van der Waals surface area contributed by atoms with Gasteiger partial charge in [0.25, 0.3) is 0 Å². The summed E-state index contributed by atoms with van der Waals surface area (Å²) in [4.78, 5) is 1.28. The number of thioether (sulfide) groups is 1. The van der Waals surface area contributed by atoms with Crippen molar-refractivity contribution in [2.24, 2.45) is 0 Å². The summed E-state index contributed by atoms with van der Waals surface area (Å²) in [5.41, 5.74) is 7.00. The predicted molar refractivity (Wildman–Crippen MR) is 118 cm³/mol. The first-order chi connectivity index (χ1) is 13.5. The Bertz CT molecular complexity index is 1100.